The van der Waals surface area contributed by atoms with Crippen LogP contribution in [-0.4, -0.2) is 0 Å². The van der Waals surface area contributed by atoms with Crippen LogP contribution in [-0.2, 0) is 12.4 Å². The summed E-state index contributed by atoms with van der Waals surface area (Å²) in [6.07, 6.45) is 0. The van der Waals surface area contributed by atoms with Crippen LogP contribution in [0.25, 0.3) is 0 Å². The average Bonchev–Trinajstić information content (AvgIpc) is 1.68. The summed E-state index contributed by atoms with van der Waals surface area (Å²) < 4.78 is 0. The van der Waals surface area contributed by atoms with Gasteiger partial charge in [0.05, 0.1) is 0 Å². The van der Waals surface area contributed by atoms with Gasteiger partial charge >= 0.3 is 55.5 Å². The van der Waals surface area contributed by atoms with Gasteiger partial charge in [0.1, 0.15) is 0 Å². The van der Waals surface area contributed by atoms with Crippen molar-refractivity contribution in [3.63, 3.8) is 0 Å². The maximum absolute atomic E-state index is 5.15. The molecule has 0 heterocycles. The molecular formula is C4H10MoS2. The number of rotatable bonds is 2. The number of hydrogen-bond donors (Lipinski definition) is 0. The Morgan fingerprint density at radius 1 is 1.14 bits per heavy atom. The second-order valence-corrected chi connectivity index (χ2v) is 16.6. The van der Waals surface area contributed by atoms with Crippen LogP contribution < -0.4 is 0 Å². The fraction of sp³-hybridized carbons (Fsp3) is 1.00. The first kappa shape index (κ1) is 8.13. The van der Waals surface area contributed by atoms with Gasteiger partial charge in [-0.15, -0.1) is 0 Å². The molecule has 0 amide bonds. The summed E-state index contributed by atoms with van der Waals surface area (Å²) in [6, 6.07) is 0. The van der Waals surface area contributed by atoms with Crippen molar-refractivity contribution in [3.8, 4) is 0 Å². The fourth-order valence-corrected chi connectivity index (χ4v) is 1.21. The molecule has 0 aromatic rings. The van der Waals surface area contributed by atoms with E-state index in [2.05, 4.69) is 13.8 Å². The van der Waals surface area contributed by atoms with E-state index in [0.29, 0.717) is 0 Å². The summed E-state index contributed by atoms with van der Waals surface area (Å²) in [4.78, 5) is 2.23. The Bertz CT molecular complexity index is 113. The van der Waals surface area contributed by atoms with E-state index in [1.807, 2.05) is 0 Å². The van der Waals surface area contributed by atoms with E-state index in [1.54, 1.807) is 0 Å². The van der Waals surface area contributed by atoms with Gasteiger partial charge in [-0.2, -0.15) is 0 Å². The third kappa shape index (κ3) is 3.69. The monoisotopic (exact) mass is 220 g/mol. The van der Waals surface area contributed by atoms with Crippen LogP contribution in [0.3, 0.4) is 0 Å². The van der Waals surface area contributed by atoms with E-state index in [0.717, 1.165) is 9.62 Å². The Labute approximate surface area is 55.4 Å². The Morgan fingerprint density at radius 2 is 1.43 bits per heavy atom. The molecule has 0 atom stereocenters. The van der Waals surface area contributed by atoms with Gasteiger partial charge in [-0.05, 0) is 0 Å². The summed E-state index contributed by atoms with van der Waals surface area (Å²) in [5.41, 5.74) is 0. The second kappa shape index (κ2) is 3.21. The fourth-order valence-electron chi connectivity index (χ4n) is 0.204. The van der Waals surface area contributed by atoms with Gasteiger partial charge in [-0.25, -0.2) is 0 Å². The molecule has 0 aromatic carbocycles. The van der Waals surface area contributed by atoms with Gasteiger partial charge in [0, 0.05) is 0 Å². The van der Waals surface area contributed by atoms with Crippen molar-refractivity contribution < 1.29 is 12.4 Å². The van der Waals surface area contributed by atoms with E-state index in [9.17, 15) is 0 Å². The van der Waals surface area contributed by atoms with Crippen LogP contribution in [0, 0.1) is 0 Å². The summed E-state index contributed by atoms with van der Waals surface area (Å²) >= 11 is -1.94. The molecule has 0 aliphatic heterocycles. The van der Waals surface area contributed by atoms with Crippen LogP contribution in [0.2, 0.25) is 9.62 Å². The SMILES string of the molecule is C[CH2][Mo](=[S])(=[S])[CH2]C. The minimum absolute atomic E-state index is 1.11. The van der Waals surface area contributed by atoms with Gasteiger partial charge in [-0.1, -0.05) is 0 Å². The Hall–Kier alpha value is 1.13. The Morgan fingerprint density at radius 3 is 1.43 bits per heavy atom. The van der Waals surface area contributed by atoms with E-state index in [4.69, 9.17) is 19.6 Å². The van der Waals surface area contributed by atoms with Crippen molar-refractivity contribution in [2.45, 2.75) is 23.5 Å². The van der Waals surface area contributed by atoms with Crippen molar-refractivity contribution >= 4 is 19.6 Å². The molecule has 0 rings (SSSR count). The van der Waals surface area contributed by atoms with E-state index >= 15 is 0 Å². The quantitative estimate of drug-likeness (QED) is 0.652. The van der Waals surface area contributed by atoms with E-state index < -0.39 is 12.4 Å². The Balaban J connectivity index is 3.89. The molecule has 0 saturated heterocycles. The van der Waals surface area contributed by atoms with Crippen molar-refractivity contribution in [1.29, 1.82) is 0 Å². The predicted octanol–water partition coefficient (Wildman–Crippen LogP) is 3.24. The molecule has 0 aromatic heterocycles. The van der Waals surface area contributed by atoms with Gasteiger partial charge in [-0.3, -0.25) is 0 Å². The molecule has 0 saturated carbocycles. The number of hydrogen-bond acceptors (Lipinski definition) is 2. The van der Waals surface area contributed by atoms with Crippen molar-refractivity contribution in [2.75, 3.05) is 0 Å². The zero-order valence-corrected chi connectivity index (χ0v) is 8.28. The molecule has 0 unspecified atom stereocenters. The molecule has 0 bridgehead atoms. The molecule has 0 nitrogen and oxygen atoms in total. The average molecular weight is 218 g/mol. The molecule has 0 fully saturated rings. The zero-order valence-electron chi connectivity index (χ0n) is 4.64. The van der Waals surface area contributed by atoms with Gasteiger partial charge in [0.25, 0.3) is 0 Å². The molecule has 0 N–H and O–H groups in total. The van der Waals surface area contributed by atoms with Gasteiger partial charge in [0.2, 0.25) is 0 Å². The topological polar surface area (TPSA) is 0 Å². The van der Waals surface area contributed by atoms with Gasteiger partial charge in [0.15, 0.2) is 0 Å². The standard InChI is InChI=1S/2C2H5.Mo.2S/c2*1-2;;;/h2*1H2,2H3;;;. The molecule has 3 heteroatoms. The van der Waals surface area contributed by atoms with Crippen molar-refractivity contribution in [1.82, 2.24) is 0 Å². The zero-order chi connectivity index (χ0) is 5.91. The molecule has 0 aliphatic rings. The third-order valence-electron chi connectivity index (χ3n) is 0.880. The normalized spacial score (nSPS) is 11.7. The summed E-state index contributed by atoms with van der Waals surface area (Å²) in [5.74, 6) is 0. The van der Waals surface area contributed by atoms with E-state index in [1.165, 1.54) is 0 Å². The Kier molecular flexibility index (Phi) is 3.73. The molecule has 0 spiro atoms. The first-order valence-electron chi connectivity index (χ1n) is 2.32. The van der Waals surface area contributed by atoms with Crippen LogP contribution >= 0.6 is 19.6 Å². The van der Waals surface area contributed by atoms with Crippen LogP contribution in [0.4, 0.5) is 0 Å². The van der Waals surface area contributed by atoms with Gasteiger partial charge < -0.3 is 0 Å². The second-order valence-electron chi connectivity index (χ2n) is 1.32. The molecule has 44 valence electrons. The van der Waals surface area contributed by atoms with E-state index in [-0.39, 0.29) is 0 Å². The van der Waals surface area contributed by atoms with Crippen LogP contribution in [0.1, 0.15) is 13.8 Å². The van der Waals surface area contributed by atoms with Crippen molar-refractivity contribution in [3.05, 3.63) is 0 Å². The summed E-state index contributed by atoms with van der Waals surface area (Å²) in [6.45, 7) is 4.23. The molecule has 0 aliphatic carbocycles. The molecule has 0 radical (unpaired) electrons. The maximum atomic E-state index is 5.15. The predicted molar refractivity (Wildman–Crippen MR) is 36.1 cm³/mol. The minimum atomic E-state index is -1.94. The van der Waals surface area contributed by atoms with Crippen molar-refractivity contribution in [2.24, 2.45) is 0 Å². The van der Waals surface area contributed by atoms with Crippen LogP contribution in [0.15, 0.2) is 0 Å². The van der Waals surface area contributed by atoms with Crippen LogP contribution in [0.5, 0.6) is 0 Å². The summed E-state index contributed by atoms with van der Waals surface area (Å²) in [5, 5.41) is 0. The first-order valence-corrected chi connectivity index (χ1v) is 10.7. The third-order valence-corrected chi connectivity index (χ3v) is 10.8. The first-order chi connectivity index (χ1) is 3.12. The summed E-state index contributed by atoms with van der Waals surface area (Å²) in [7, 11) is 10.3. The molecular weight excluding hydrogens is 208 g/mol. The molecule has 7 heavy (non-hydrogen) atoms.